The monoisotopic (exact) mass is 656 g/mol. The van der Waals surface area contributed by atoms with Crippen LogP contribution in [0, 0.1) is 12.7 Å². The molecule has 1 amide bonds. The molecule has 0 unspecified atom stereocenters. The molecule has 0 spiro atoms. The molecular formula is C32H41FN6O6S. The predicted octanol–water partition coefficient (Wildman–Crippen LogP) is 3.65. The van der Waals surface area contributed by atoms with Crippen LogP contribution in [0.4, 0.5) is 4.39 Å². The van der Waals surface area contributed by atoms with E-state index in [-0.39, 0.29) is 37.3 Å². The lowest BCUT2D eigenvalue weighted by Crippen LogP contribution is -2.57. The largest absolute Gasteiger partial charge is 0.496 e. The quantitative estimate of drug-likeness (QED) is 0.263. The van der Waals surface area contributed by atoms with Crippen LogP contribution in [-0.2, 0) is 28.1 Å². The summed E-state index contributed by atoms with van der Waals surface area (Å²) in [5.41, 5.74) is -1.43. The highest BCUT2D eigenvalue weighted by Gasteiger charge is 2.36. The highest BCUT2D eigenvalue weighted by atomic mass is 32.1. The number of rotatable bonds is 10. The molecule has 14 heteroatoms. The number of aliphatic hydroxyl groups excluding tert-OH is 1. The molecule has 1 aliphatic carbocycles. The highest BCUT2D eigenvalue weighted by molar-refractivity contribution is 7.21. The van der Waals surface area contributed by atoms with Crippen molar-refractivity contribution in [1.29, 1.82) is 0 Å². The number of halogens is 1. The summed E-state index contributed by atoms with van der Waals surface area (Å²) in [5.74, 6) is -0.261. The van der Waals surface area contributed by atoms with Crippen LogP contribution in [0.3, 0.4) is 0 Å². The minimum atomic E-state index is -1.46. The Kier molecular flexibility index (Phi) is 11.3. The molecule has 1 fully saturated rings. The Labute approximate surface area is 269 Å². The number of carbonyl (C=O) groups is 2. The number of aromatic nitrogens is 5. The van der Waals surface area contributed by atoms with Crippen molar-refractivity contribution in [3.63, 3.8) is 0 Å². The number of ketones is 1. The van der Waals surface area contributed by atoms with Crippen LogP contribution in [0.1, 0.15) is 70.4 Å². The van der Waals surface area contributed by atoms with Crippen molar-refractivity contribution in [2.45, 2.75) is 90.8 Å². The first kappa shape index (κ1) is 34.7. The first-order valence-electron chi connectivity index (χ1n) is 15.3. The number of aryl methyl sites for hydroxylation is 3. The number of carbonyl (C=O) groups excluding carboxylic acids is 2. The van der Waals surface area contributed by atoms with Crippen LogP contribution in [0.2, 0.25) is 0 Å². The first-order chi connectivity index (χ1) is 21.9. The summed E-state index contributed by atoms with van der Waals surface area (Å²) in [4.78, 5) is 53.4. The molecular weight excluding hydrogens is 615 g/mol. The molecule has 1 saturated carbocycles. The molecule has 1 aliphatic rings. The second-order valence-electron chi connectivity index (χ2n) is 11.9. The standard InChI is InChI=1S/C28H33FN6O4S.C4H8O2/c1-17-22-23(36)34(28(2,3)26(37)32-20-8-6-5-7-9-20)27(38)33(25(22)40-24(17)35-30-13-14-31-35)15-12-18-16-19(29)10-11-21(18)39-4;1-4(6)2-3-5/h10-11,13-14,16,20H,5-9,12,15H2,1-4H3,(H,32,37);5H,2-3H2,1H3. The van der Waals surface area contributed by atoms with Crippen LogP contribution in [0.25, 0.3) is 15.2 Å². The van der Waals surface area contributed by atoms with E-state index in [1.165, 1.54) is 59.3 Å². The van der Waals surface area contributed by atoms with Crippen LogP contribution in [0.15, 0.2) is 40.2 Å². The Bertz CT molecular complexity index is 1800. The minimum absolute atomic E-state index is 0.0167. The number of hydrogen-bond donors (Lipinski definition) is 2. The summed E-state index contributed by atoms with van der Waals surface area (Å²) in [7, 11) is 1.50. The fourth-order valence-corrected chi connectivity index (χ4v) is 6.82. The van der Waals surface area contributed by atoms with Crippen LogP contribution in [-0.4, -0.2) is 60.7 Å². The lowest BCUT2D eigenvalue weighted by molar-refractivity contribution is -0.129. The van der Waals surface area contributed by atoms with E-state index in [0.717, 1.165) is 36.7 Å². The van der Waals surface area contributed by atoms with Crippen molar-refractivity contribution in [3.8, 4) is 10.8 Å². The molecule has 5 rings (SSSR count). The predicted molar refractivity (Wildman–Crippen MR) is 173 cm³/mol. The minimum Gasteiger partial charge on any atom is -0.496 e. The maximum Gasteiger partial charge on any atom is 0.333 e. The summed E-state index contributed by atoms with van der Waals surface area (Å²) < 4.78 is 22.0. The van der Waals surface area contributed by atoms with Gasteiger partial charge in [-0.25, -0.2) is 13.8 Å². The molecule has 0 atom stereocenters. The van der Waals surface area contributed by atoms with Crippen molar-refractivity contribution in [2.24, 2.45) is 0 Å². The van der Waals surface area contributed by atoms with Gasteiger partial charge in [-0.15, -0.1) is 4.80 Å². The van der Waals surface area contributed by atoms with Crippen molar-refractivity contribution in [2.75, 3.05) is 13.7 Å². The number of aliphatic hydroxyl groups is 1. The molecule has 0 bridgehead atoms. The SMILES string of the molecule is CC(=O)CCO.COc1ccc(F)cc1CCn1c(=O)n(C(C)(C)C(=O)NC2CCCCC2)c(=O)c2c(C)c(-n3nccn3)sc21. The average molecular weight is 657 g/mol. The van der Waals surface area contributed by atoms with Gasteiger partial charge in [-0.1, -0.05) is 30.6 Å². The molecule has 0 saturated heterocycles. The molecule has 3 heterocycles. The van der Waals surface area contributed by atoms with Gasteiger partial charge in [-0.3, -0.25) is 19.0 Å². The van der Waals surface area contributed by atoms with E-state index in [1.807, 2.05) is 0 Å². The fraction of sp³-hybridized carbons (Fsp3) is 0.500. The Hall–Kier alpha value is -4.17. The lowest BCUT2D eigenvalue weighted by Gasteiger charge is -2.30. The number of amides is 1. The maximum absolute atomic E-state index is 14.1. The number of thiophene rings is 1. The number of methoxy groups -OCH3 is 1. The number of nitrogens with zero attached hydrogens (tertiary/aromatic N) is 5. The van der Waals surface area contributed by atoms with Crippen LogP contribution >= 0.6 is 11.3 Å². The zero-order valence-corrected chi connectivity index (χ0v) is 27.7. The molecule has 4 aromatic rings. The Morgan fingerprint density at radius 3 is 2.41 bits per heavy atom. The van der Waals surface area contributed by atoms with Crippen molar-refractivity contribution in [3.05, 3.63) is 68.4 Å². The number of fused-ring (bicyclic) bond motifs is 1. The smallest absolute Gasteiger partial charge is 0.333 e. The molecule has 12 nitrogen and oxygen atoms in total. The van der Waals surface area contributed by atoms with E-state index in [9.17, 15) is 23.6 Å². The van der Waals surface area contributed by atoms with Gasteiger partial charge in [0.25, 0.3) is 5.56 Å². The van der Waals surface area contributed by atoms with E-state index in [0.29, 0.717) is 38.5 Å². The highest BCUT2D eigenvalue weighted by Crippen LogP contribution is 2.31. The van der Waals surface area contributed by atoms with Gasteiger partial charge < -0.3 is 15.2 Å². The van der Waals surface area contributed by atoms with Gasteiger partial charge in [-0.05, 0) is 70.7 Å². The third-order valence-corrected chi connectivity index (χ3v) is 9.43. The van der Waals surface area contributed by atoms with Gasteiger partial charge in [0.15, 0.2) is 0 Å². The summed E-state index contributed by atoms with van der Waals surface area (Å²) in [5, 5.41) is 20.4. The van der Waals surface area contributed by atoms with Gasteiger partial charge in [0.1, 0.15) is 32.7 Å². The molecule has 0 aliphatic heterocycles. The molecule has 2 N–H and O–H groups in total. The molecule has 46 heavy (non-hydrogen) atoms. The second kappa shape index (κ2) is 14.9. The second-order valence-corrected chi connectivity index (χ2v) is 12.8. The molecule has 0 radical (unpaired) electrons. The molecule has 248 valence electrons. The Morgan fingerprint density at radius 2 is 1.83 bits per heavy atom. The van der Waals surface area contributed by atoms with Crippen molar-refractivity contribution >= 4 is 33.2 Å². The van der Waals surface area contributed by atoms with Gasteiger partial charge >= 0.3 is 5.69 Å². The summed E-state index contributed by atoms with van der Waals surface area (Å²) >= 11 is 1.22. The van der Waals surface area contributed by atoms with E-state index in [1.54, 1.807) is 26.8 Å². The Balaban J connectivity index is 0.000000731. The molecule has 3 aromatic heterocycles. The van der Waals surface area contributed by atoms with Crippen LogP contribution < -0.4 is 21.3 Å². The zero-order chi connectivity index (χ0) is 33.6. The maximum atomic E-state index is 14.1. The first-order valence-corrected chi connectivity index (χ1v) is 16.1. The van der Waals surface area contributed by atoms with Crippen LogP contribution in [0.5, 0.6) is 5.75 Å². The van der Waals surface area contributed by atoms with Gasteiger partial charge in [-0.2, -0.15) is 10.2 Å². The van der Waals surface area contributed by atoms with E-state index >= 15 is 0 Å². The van der Waals surface area contributed by atoms with Crippen molar-refractivity contribution < 1.29 is 23.8 Å². The summed E-state index contributed by atoms with van der Waals surface area (Å²) in [6, 6.07) is 4.24. The number of nitrogens with one attached hydrogen (secondary N) is 1. The van der Waals surface area contributed by atoms with E-state index in [4.69, 9.17) is 9.84 Å². The number of benzene rings is 1. The lowest BCUT2D eigenvalue weighted by atomic mass is 9.94. The van der Waals surface area contributed by atoms with Gasteiger partial charge in [0, 0.05) is 31.2 Å². The third kappa shape index (κ3) is 7.44. The topological polar surface area (TPSA) is 150 Å². The van der Waals surface area contributed by atoms with Crippen molar-refractivity contribution in [1.82, 2.24) is 29.4 Å². The van der Waals surface area contributed by atoms with E-state index in [2.05, 4.69) is 15.5 Å². The zero-order valence-electron chi connectivity index (χ0n) is 26.8. The third-order valence-electron chi connectivity index (χ3n) is 8.15. The average Bonchev–Trinajstić information content (AvgIpc) is 3.66. The summed E-state index contributed by atoms with van der Waals surface area (Å²) in [6.45, 7) is 6.53. The van der Waals surface area contributed by atoms with E-state index < -0.39 is 22.6 Å². The number of Topliss-reactive ketones (excluding diaryl/α,β-unsaturated/α-hetero) is 1. The van der Waals surface area contributed by atoms with Gasteiger partial charge in [0.2, 0.25) is 5.91 Å². The normalized spacial score (nSPS) is 13.7. The van der Waals surface area contributed by atoms with Gasteiger partial charge in [0.05, 0.1) is 24.9 Å². The molecule has 1 aromatic carbocycles. The fourth-order valence-electron chi connectivity index (χ4n) is 5.58. The number of ether oxygens (including phenoxy) is 1. The number of hydrogen-bond acceptors (Lipinski definition) is 9. The summed E-state index contributed by atoms with van der Waals surface area (Å²) in [6.07, 6.45) is 8.57. The Morgan fingerprint density at radius 1 is 1.15 bits per heavy atom.